The lowest BCUT2D eigenvalue weighted by molar-refractivity contribution is 0.309. The lowest BCUT2D eigenvalue weighted by Gasteiger charge is -2.09. The summed E-state index contributed by atoms with van der Waals surface area (Å²) in [6, 6.07) is 19.1. The van der Waals surface area contributed by atoms with Crippen LogP contribution < -0.4 is 10.1 Å². The van der Waals surface area contributed by atoms with Crippen LogP contribution in [0.3, 0.4) is 0 Å². The Balaban J connectivity index is 1.65. The van der Waals surface area contributed by atoms with Gasteiger partial charge in [-0.05, 0) is 49.1 Å². The Bertz CT molecular complexity index is 524. The largest absolute Gasteiger partial charge is 0.494 e. The molecule has 0 atom stereocenters. The summed E-state index contributed by atoms with van der Waals surface area (Å²) >= 11 is 0. The van der Waals surface area contributed by atoms with Crippen LogP contribution in [0.25, 0.3) is 0 Å². The van der Waals surface area contributed by atoms with Crippen molar-refractivity contribution in [1.29, 1.82) is 0 Å². The topological polar surface area (TPSA) is 21.3 Å². The van der Waals surface area contributed by atoms with E-state index in [2.05, 4.69) is 60.8 Å². The van der Waals surface area contributed by atoms with Gasteiger partial charge in [0.1, 0.15) is 5.75 Å². The smallest absolute Gasteiger partial charge is 0.119 e. The van der Waals surface area contributed by atoms with Crippen LogP contribution >= 0.6 is 0 Å². The van der Waals surface area contributed by atoms with Gasteiger partial charge in [0.05, 0.1) is 6.61 Å². The highest BCUT2D eigenvalue weighted by molar-refractivity contribution is 5.28. The van der Waals surface area contributed by atoms with Gasteiger partial charge in [-0.1, -0.05) is 55.8 Å². The fourth-order valence-corrected chi connectivity index (χ4v) is 2.37. The van der Waals surface area contributed by atoms with Crippen molar-refractivity contribution < 1.29 is 4.74 Å². The second-order valence-corrected chi connectivity index (χ2v) is 5.62. The van der Waals surface area contributed by atoms with Gasteiger partial charge >= 0.3 is 0 Å². The maximum atomic E-state index is 5.74. The normalized spacial score (nSPS) is 10.6. The Hall–Kier alpha value is -1.80. The summed E-state index contributed by atoms with van der Waals surface area (Å²) in [5, 5.41) is 3.51. The molecule has 22 heavy (non-hydrogen) atoms. The Morgan fingerprint density at radius 2 is 1.73 bits per heavy atom. The van der Waals surface area contributed by atoms with E-state index in [0.717, 1.165) is 44.7 Å². The molecule has 0 radical (unpaired) electrons. The van der Waals surface area contributed by atoms with Crippen LogP contribution in [0.1, 0.15) is 37.3 Å². The molecule has 2 nitrogen and oxygen atoms in total. The molecule has 118 valence electrons. The van der Waals surface area contributed by atoms with E-state index in [-0.39, 0.29) is 0 Å². The molecule has 0 fully saturated rings. The monoisotopic (exact) mass is 297 g/mol. The lowest BCUT2D eigenvalue weighted by atomic mass is 10.1. The first-order valence-corrected chi connectivity index (χ1v) is 8.35. The lowest BCUT2D eigenvalue weighted by Crippen LogP contribution is -2.15. The van der Waals surface area contributed by atoms with Crippen LogP contribution in [0.4, 0.5) is 0 Å². The first-order valence-electron chi connectivity index (χ1n) is 8.35. The minimum atomic E-state index is 0.810. The third-order valence-corrected chi connectivity index (χ3v) is 3.66. The SMILES string of the molecule is CCCCOc1cccc(CNCCCc2ccccc2)c1. The number of rotatable bonds is 10. The minimum Gasteiger partial charge on any atom is -0.494 e. The Kier molecular flexibility index (Phi) is 7.54. The van der Waals surface area contributed by atoms with Crippen molar-refractivity contribution in [3.8, 4) is 5.75 Å². The van der Waals surface area contributed by atoms with E-state index in [4.69, 9.17) is 4.74 Å². The van der Waals surface area contributed by atoms with E-state index in [1.165, 1.54) is 17.5 Å². The van der Waals surface area contributed by atoms with Crippen molar-refractivity contribution in [1.82, 2.24) is 5.32 Å². The van der Waals surface area contributed by atoms with Crippen LogP contribution in [0.15, 0.2) is 54.6 Å². The van der Waals surface area contributed by atoms with Crippen LogP contribution in [0.2, 0.25) is 0 Å². The van der Waals surface area contributed by atoms with Crippen LogP contribution in [-0.2, 0) is 13.0 Å². The first kappa shape index (κ1) is 16.6. The van der Waals surface area contributed by atoms with Gasteiger partial charge in [-0.15, -0.1) is 0 Å². The molecule has 0 aliphatic heterocycles. The van der Waals surface area contributed by atoms with E-state index in [1.54, 1.807) is 0 Å². The molecule has 0 saturated heterocycles. The second kappa shape index (κ2) is 10.0. The summed E-state index contributed by atoms with van der Waals surface area (Å²) in [7, 11) is 0. The molecule has 0 heterocycles. The summed E-state index contributed by atoms with van der Waals surface area (Å²) in [6.45, 7) is 4.93. The summed E-state index contributed by atoms with van der Waals surface area (Å²) in [5.74, 6) is 0.983. The number of hydrogen-bond donors (Lipinski definition) is 1. The average molecular weight is 297 g/mol. The molecule has 0 unspecified atom stereocenters. The molecule has 0 spiro atoms. The third kappa shape index (κ3) is 6.31. The van der Waals surface area contributed by atoms with E-state index in [9.17, 15) is 0 Å². The molecule has 0 aliphatic carbocycles. The number of hydrogen-bond acceptors (Lipinski definition) is 2. The molecule has 2 heteroatoms. The maximum absolute atomic E-state index is 5.74. The molecule has 2 aromatic rings. The highest BCUT2D eigenvalue weighted by Gasteiger charge is 1.98. The molecule has 2 aromatic carbocycles. The molecule has 0 aliphatic rings. The van der Waals surface area contributed by atoms with Gasteiger partial charge in [-0.3, -0.25) is 0 Å². The Morgan fingerprint density at radius 3 is 2.55 bits per heavy atom. The summed E-state index contributed by atoms with van der Waals surface area (Å²) in [4.78, 5) is 0. The predicted molar refractivity (Wildman–Crippen MR) is 93.3 cm³/mol. The molecule has 0 saturated carbocycles. The number of aryl methyl sites for hydroxylation is 1. The van der Waals surface area contributed by atoms with Gasteiger partial charge in [-0.2, -0.15) is 0 Å². The molecule has 0 aromatic heterocycles. The fraction of sp³-hybridized carbons (Fsp3) is 0.400. The third-order valence-electron chi connectivity index (χ3n) is 3.66. The number of ether oxygens (including phenoxy) is 1. The molecular weight excluding hydrogens is 270 g/mol. The molecule has 1 N–H and O–H groups in total. The predicted octanol–water partition coefficient (Wildman–Crippen LogP) is 4.59. The molecular formula is C20H27NO. The molecule has 2 rings (SSSR count). The zero-order chi connectivity index (χ0) is 15.5. The van der Waals surface area contributed by atoms with Crippen LogP contribution in [0, 0.1) is 0 Å². The highest BCUT2D eigenvalue weighted by atomic mass is 16.5. The Labute approximate surface area is 134 Å². The summed E-state index contributed by atoms with van der Waals surface area (Å²) < 4.78 is 5.74. The fourth-order valence-electron chi connectivity index (χ4n) is 2.37. The van der Waals surface area contributed by atoms with Crippen LogP contribution in [0.5, 0.6) is 5.75 Å². The van der Waals surface area contributed by atoms with E-state index in [1.807, 2.05) is 6.07 Å². The van der Waals surface area contributed by atoms with Crippen molar-refractivity contribution in [2.75, 3.05) is 13.2 Å². The van der Waals surface area contributed by atoms with Gasteiger partial charge in [0.2, 0.25) is 0 Å². The first-order chi connectivity index (χ1) is 10.9. The minimum absolute atomic E-state index is 0.810. The zero-order valence-corrected chi connectivity index (χ0v) is 13.6. The van der Waals surface area contributed by atoms with Gasteiger partial charge < -0.3 is 10.1 Å². The van der Waals surface area contributed by atoms with Crippen molar-refractivity contribution in [2.24, 2.45) is 0 Å². The molecule has 0 amide bonds. The van der Waals surface area contributed by atoms with Crippen molar-refractivity contribution in [2.45, 2.75) is 39.2 Å². The Morgan fingerprint density at radius 1 is 0.909 bits per heavy atom. The van der Waals surface area contributed by atoms with Crippen molar-refractivity contribution >= 4 is 0 Å². The molecule has 0 bridgehead atoms. The second-order valence-electron chi connectivity index (χ2n) is 5.62. The van der Waals surface area contributed by atoms with Crippen LogP contribution in [-0.4, -0.2) is 13.2 Å². The van der Waals surface area contributed by atoms with E-state index < -0.39 is 0 Å². The number of nitrogens with one attached hydrogen (secondary N) is 1. The van der Waals surface area contributed by atoms with Crippen molar-refractivity contribution in [3.63, 3.8) is 0 Å². The number of unbranched alkanes of at least 4 members (excludes halogenated alkanes) is 1. The van der Waals surface area contributed by atoms with Gasteiger partial charge in [0.25, 0.3) is 0 Å². The van der Waals surface area contributed by atoms with E-state index >= 15 is 0 Å². The summed E-state index contributed by atoms with van der Waals surface area (Å²) in [5.41, 5.74) is 2.70. The van der Waals surface area contributed by atoms with Gasteiger partial charge in [0.15, 0.2) is 0 Å². The van der Waals surface area contributed by atoms with Gasteiger partial charge in [0, 0.05) is 6.54 Å². The highest BCUT2D eigenvalue weighted by Crippen LogP contribution is 2.13. The number of benzene rings is 2. The quantitative estimate of drug-likeness (QED) is 0.648. The zero-order valence-electron chi connectivity index (χ0n) is 13.6. The van der Waals surface area contributed by atoms with Gasteiger partial charge in [-0.25, -0.2) is 0 Å². The average Bonchev–Trinajstić information content (AvgIpc) is 2.56. The maximum Gasteiger partial charge on any atom is 0.119 e. The van der Waals surface area contributed by atoms with Crippen molar-refractivity contribution in [3.05, 3.63) is 65.7 Å². The van der Waals surface area contributed by atoms with E-state index in [0.29, 0.717) is 0 Å². The summed E-state index contributed by atoms with van der Waals surface area (Å²) in [6.07, 6.45) is 4.58. The standard InChI is InChI=1S/C20H27NO/c1-2-3-15-22-20-13-7-11-19(16-20)17-21-14-8-12-18-9-5-4-6-10-18/h4-7,9-11,13,16,21H,2-3,8,12,14-15,17H2,1H3.